The third-order valence-corrected chi connectivity index (χ3v) is 2.47. The number of carbonyl (C=O) groups excluding carboxylic acids is 3. The molecule has 0 saturated carbocycles. The van der Waals surface area contributed by atoms with Gasteiger partial charge in [-0.2, -0.15) is 0 Å². The van der Waals surface area contributed by atoms with Gasteiger partial charge >= 0.3 is 12.1 Å². The van der Waals surface area contributed by atoms with Gasteiger partial charge in [-0.3, -0.25) is 10.1 Å². The number of hydrogen-bond acceptors (Lipinski definition) is 7. The van der Waals surface area contributed by atoms with Gasteiger partial charge in [-0.15, -0.1) is 0 Å². The van der Waals surface area contributed by atoms with Crippen molar-refractivity contribution in [3.8, 4) is 0 Å². The average Bonchev–Trinajstić information content (AvgIpc) is 2.78. The van der Waals surface area contributed by atoms with Crippen LogP contribution in [-0.4, -0.2) is 36.3 Å². The zero-order chi connectivity index (χ0) is 16.0. The highest BCUT2D eigenvalue weighted by Gasteiger charge is 2.24. The second kappa shape index (κ2) is 7.41. The first kappa shape index (κ1) is 16.7. The molecule has 0 aliphatic carbocycles. The van der Waals surface area contributed by atoms with Crippen molar-refractivity contribution in [3.05, 3.63) is 17.0 Å². The van der Waals surface area contributed by atoms with Crippen LogP contribution in [0.25, 0.3) is 0 Å². The van der Waals surface area contributed by atoms with Crippen molar-refractivity contribution in [1.82, 2.24) is 10.5 Å². The lowest BCUT2D eigenvalue weighted by Crippen LogP contribution is -2.34. The van der Waals surface area contributed by atoms with Crippen LogP contribution in [0.3, 0.4) is 0 Å². The molecule has 1 rings (SSSR count). The number of hydrogen-bond donors (Lipinski definition) is 1. The summed E-state index contributed by atoms with van der Waals surface area (Å²) in [5, 5.41) is 5.63. The van der Waals surface area contributed by atoms with E-state index in [0.717, 1.165) is 0 Å². The van der Waals surface area contributed by atoms with Gasteiger partial charge < -0.3 is 14.0 Å². The first-order valence-electron chi connectivity index (χ1n) is 6.46. The van der Waals surface area contributed by atoms with Crippen molar-refractivity contribution in [1.29, 1.82) is 0 Å². The molecule has 0 aliphatic heterocycles. The average molecular weight is 298 g/mol. The SMILES string of the molecule is CCOC(=O)NC(=O)COC(=O)c1c(C)noc1C(C)C. The normalized spacial score (nSPS) is 10.3. The first-order valence-corrected chi connectivity index (χ1v) is 6.46. The first-order chi connectivity index (χ1) is 9.86. The third-order valence-electron chi connectivity index (χ3n) is 2.47. The van der Waals surface area contributed by atoms with Gasteiger partial charge in [0.2, 0.25) is 0 Å². The van der Waals surface area contributed by atoms with Crippen LogP contribution in [0.2, 0.25) is 0 Å². The summed E-state index contributed by atoms with van der Waals surface area (Å²) in [4.78, 5) is 34.3. The zero-order valence-corrected chi connectivity index (χ0v) is 12.4. The van der Waals surface area contributed by atoms with E-state index in [1.807, 2.05) is 19.2 Å². The van der Waals surface area contributed by atoms with Gasteiger partial charge in [0.25, 0.3) is 5.91 Å². The summed E-state index contributed by atoms with van der Waals surface area (Å²) in [7, 11) is 0. The molecule has 0 unspecified atom stereocenters. The third kappa shape index (κ3) is 4.59. The van der Waals surface area contributed by atoms with E-state index in [1.165, 1.54) is 0 Å². The van der Waals surface area contributed by atoms with E-state index in [0.29, 0.717) is 11.5 Å². The Morgan fingerprint density at radius 3 is 2.52 bits per heavy atom. The molecule has 0 atom stereocenters. The van der Waals surface area contributed by atoms with E-state index in [4.69, 9.17) is 9.26 Å². The molecular formula is C13H18N2O6. The van der Waals surface area contributed by atoms with E-state index >= 15 is 0 Å². The molecular weight excluding hydrogens is 280 g/mol. The number of rotatable bonds is 5. The van der Waals surface area contributed by atoms with Gasteiger partial charge in [-0.05, 0) is 13.8 Å². The summed E-state index contributed by atoms with van der Waals surface area (Å²) < 4.78 is 14.4. The topological polar surface area (TPSA) is 108 Å². The summed E-state index contributed by atoms with van der Waals surface area (Å²) in [5.74, 6) is -1.16. The van der Waals surface area contributed by atoms with Crippen molar-refractivity contribution in [2.45, 2.75) is 33.6 Å². The molecule has 0 aliphatic rings. The molecule has 116 valence electrons. The van der Waals surface area contributed by atoms with Gasteiger partial charge in [0.15, 0.2) is 12.4 Å². The molecule has 0 spiro atoms. The van der Waals surface area contributed by atoms with Crippen LogP contribution in [0.1, 0.15) is 48.5 Å². The lowest BCUT2D eigenvalue weighted by molar-refractivity contribution is -0.123. The Labute approximate surface area is 121 Å². The van der Waals surface area contributed by atoms with E-state index in [-0.39, 0.29) is 18.1 Å². The Balaban J connectivity index is 2.60. The molecule has 8 nitrogen and oxygen atoms in total. The minimum Gasteiger partial charge on any atom is -0.452 e. The minimum absolute atomic E-state index is 0.0536. The molecule has 0 radical (unpaired) electrons. The molecule has 1 heterocycles. The highest BCUT2D eigenvalue weighted by atomic mass is 16.6. The molecule has 21 heavy (non-hydrogen) atoms. The molecule has 1 aromatic heterocycles. The molecule has 1 aromatic rings. The summed E-state index contributed by atoms with van der Waals surface area (Å²) in [6, 6.07) is 0. The number of ether oxygens (including phenoxy) is 2. The van der Waals surface area contributed by atoms with Gasteiger partial charge in [0.05, 0.1) is 12.3 Å². The van der Waals surface area contributed by atoms with E-state index in [9.17, 15) is 14.4 Å². The van der Waals surface area contributed by atoms with Crippen LogP contribution in [0.15, 0.2) is 4.52 Å². The maximum atomic E-state index is 11.9. The summed E-state index contributed by atoms with van der Waals surface area (Å²) >= 11 is 0. The molecule has 0 bridgehead atoms. The largest absolute Gasteiger partial charge is 0.452 e. The fraction of sp³-hybridized carbons (Fsp3) is 0.538. The van der Waals surface area contributed by atoms with Crippen molar-refractivity contribution in [2.24, 2.45) is 0 Å². The summed E-state index contributed by atoms with van der Waals surface area (Å²) in [6.07, 6.45) is -0.887. The standard InChI is InChI=1S/C13H18N2O6/c1-5-19-13(18)14-9(16)6-20-12(17)10-8(4)15-21-11(10)7(2)3/h7H,5-6H2,1-4H3,(H,14,16,18). The Hall–Kier alpha value is -2.38. The predicted octanol–water partition coefficient (Wildman–Crippen LogP) is 1.54. The number of nitrogens with zero attached hydrogens (tertiary/aromatic N) is 1. The number of carbonyl (C=O) groups is 3. The van der Waals surface area contributed by atoms with Crippen molar-refractivity contribution in [2.75, 3.05) is 13.2 Å². The van der Waals surface area contributed by atoms with E-state index < -0.39 is 24.6 Å². The number of aromatic nitrogens is 1. The van der Waals surface area contributed by atoms with Crippen LogP contribution in [-0.2, 0) is 14.3 Å². The Bertz CT molecular complexity index is 535. The number of aryl methyl sites for hydroxylation is 1. The molecule has 1 N–H and O–H groups in total. The Morgan fingerprint density at radius 2 is 1.95 bits per heavy atom. The number of esters is 1. The van der Waals surface area contributed by atoms with E-state index in [1.54, 1.807) is 13.8 Å². The molecule has 2 amide bonds. The smallest absolute Gasteiger partial charge is 0.413 e. The highest BCUT2D eigenvalue weighted by molar-refractivity contribution is 5.96. The van der Waals surface area contributed by atoms with Crippen LogP contribution >= 0.6 is 0 Å². The van der Waals surface area contributed by atoms with Crippen LogP contribution in [0.5, 0.6) is 0 Å². The fourth-order valence-corrected chi connectivity index (χ4v) is 1.55. The molecule has 8 heteroatoms. The number of alkyl carbamates (subject to hydrolysis) is 1. The summed E-state index contributed by atoms with van der Waals surface area (Å²) in [5.41, 5.74) is 0.587. The van der Waals surface area contributed by atoms with Gasteiger partial charge in [-0.1, -0.05) is 19.0 Å². The lowest BCUT2D eigenvalue weighted by Gasteiger charge is -2.07. The highest BCUT2D eigenvalue weighted by Crippen LogP contribution is 2.22. The number of nitrogens with one attached hydrogen (secondary N) is 1. The van der Waals surface area contributed by atoms with Gasteiger partial charge in [0, 0.05) is 5.92 Å². The maximum absolute atomic E-state index is 11.9. The lowest BCUT2D eigenvalue weighted by atomic mass is 10.1. The van der Waals surface area contributed by atoms with Gasteiger partial charge in [-0.25, -0.2) is 9.59 Å². The van der Waals surface area contributed by atoms with Crippen LogP contribution in [0, 0.1) is 6.92 Å². The van der Waals surface area contributed by atoms with Crippen LogP contribution < -0.4 is 5.32 Å². The predicted molar refractivity (Wildman–Crippen MR) is 70.8 cm³/mol. The molecule has 0 saturated heterocycles. The van der Waals surface area contributed by atoms with E-state index in [2.05, 4.69) is 9.89 Å². The van der Waals surface area contributed by atoms with Crippen molar-refractivity contribution < 1.29 is 28.4 Å². The van der Waals surface area contributed by atoms with Gasteiger partial charge in [0.1, 0.15) is 5.56 Å². The Kier molecular flexibility index (Phi) is 5.89. The fourth-order valence-electron chi connectivity index (χ4n) is 1.55. The second-order valence-electron chi connectivity index (χ2n) is 4.51. The maximum Gasteiger partial charge on any atom is 0.413 e. The second-order valence-corrected chi connectivity index (χ2v) is 4.51. The number of imide groups is 1. The molecule has 0 aromatic carbocycles. The monoisotopic (exact) mass is 298 g/mol. The van der Waals surface area contributed by atoms with Crippen molar-refractivity contribution >= 4 is 18.0 Å². The molecule has 0 fully saturated rings. The Morgan fingerprint density at radius 1 is 1.29 bits per heavy atom. The number of amides is 2. The van der Waals surface area contributed by atoms with Crippen molar-refractivity contribution in [3.63, 3.8) is 0 Å². The zero-order valence-electron chi connectivity index (χ0n) is 12.4. The quantitative estimate of drug-likeness (QED) is 0.821. The minimum atomic E-state index is -0.887. The summed E-state index contributed by atoms with van der Waals surface area (Å²) in [6.45, 7) is 6.42. The van der Waals surface area contributed by atoms with Crippen LogP contribution in [0.4, 0.5) is 4.79 Å².